The van der Waals surface area contributed by atoms with Crippen LogP contribution in [0.4, 0.5) is 10.1 Å². The maximum atomic E-state index is 13.5. The molecule has 0 unspecified atom stereocenters. The Morgan fingerprint density at radius 2 is 1.61 bits per heavy atom. The normalized spacial score (nSPS) is 21.0. The van der Waals surface area contributed by atoms with Crippen LogP contribution in [0.15, 0.2) is 72.8 Å². The molecule has 168 valence electrons. The van der Waals surface area contributed by atoms with E-state index in [2.05, 4.69) is 0 Å². The first kappa shape index (κ1) is 21.2. The van der Waals surface area contributed by atoms with Crippen LogP contribution >= 0.6 is 0 Å². The zero-order chi connectivity index (χ0) is 23.1. The number of hydrogen-bond donors (Lipinski definition) is 1. The maximum absolute atomic E-state index is 13.5. The average Bonchev–Trinajstić information content (AvgIpc) is 2.84. The van der Waals surface area contributed by atoms with Gasteiger partial charge in [-0.1, -0.05) is 18.2 Å². The number of aliphatic hydroxyl groups is 1. The summed E-state index contributed by atoms with van der Waals surface area (Å²) in [4.78, 5) is 30.0. The van der Waals surface area contributed by atoms with Gasteiger partial charge in [0.05, 0.1) is 25.8 Å². The largest absolute Gasteiger partial charge is 0.497 e. The molecule has 1 N–H and O–H groups in total. The molecule has 2 amide bonds. The van der Waals surface area contributed by atoms with Crippen molar-refractivity contribution in [1.29, 1.82) is 0 Å². The van der Waals surface area contributed by atoms with E-state index in [4.69, 9.17) is 4.74 Å². The van der Waals surface area contributed by atoms with Crippen molar-refractivity contribution in [1.82, 2.24) is 4.90 Å². The SMILES string of the molecule is COc1ccc(C(=O)N2C[C@@H]3[C@H](c4ccccc42)[C@@H](CO)N3C(=O)c2ccc(F)cc2)cc1. The molecule has 3 aromatic carbocycles. The van der Waals surface area contributed by atoms with E-state index in [9.17, 15) is 19.1 Å². The van der Waals surface area contributed by atoms with Crippen molar-refractivity contribution >= 4 is 17.5 Å². The van der Waals surface area contributed by atoms with Crippen molar-refractivity contribution in [2.75, 3.05) is 25.2 Å². The van der Waals surface area contributed by atoms with Gasteiger partial charge in [-0.15, -0.1) is 0 Å². The molecule has 2 heterocycles. The zero-order valence-electron chi connectivity index (χ0n) is 18.0. The first-order chi connectivity index (χ1) is 16.0. The molecule has 0 aliphatic carbocycles. The lowest BCUT2D eigenvalue weighted by Crippen LogP contribution is -2.70. The third-order valence-electron chi connectivity index (χ3n) is 6.59. The van der Waals surface area contributed by atoms with Crippen molar-refractivity contribution < 1.29 is 23.8 Å². The van der Waals surface area contributed by atoms with E-state index in [0.29, 0.717) is 23.4 Å². The molecule has 6 nitrogen and oxygen atoms in total. The number of halogens is 1. The molecule has 0 bridgehead atoms. The number of fused-ring (bicyclic) bond motifs is 3. The number of likely N-dealkylation sites (tertiary alicyclic amines) is 1. The van der Waals surface area contributed by atoms with Crippen LogP contribution in [0, 0.1) is 5.82 Å². The minimum Gasteiger partial charge on any atom is -0.497 e. The number of carbonyl (C=O) groups excluding carboxylic acids is 2. The highest BCUT2D eigenvalue weighted by Crippen LogP contribution is 2.48. The highest BCUT2D eigenvalue weighted by molar-refractivity contribution is 6.07. The first-order valence-electron chi connectivity index (χ1n) is 10.8. The van der Waals surface area contributed by atoms with Crippen LogP contribution in [0.3, 0.4) is 0 Å². The number of amides is 2. The highest BCUT2D eigenvalue weighted by atomic mass is 19.1. The lowest BCUT2D eigenvalue weighted by molar-refractivity contribution is -0.0246. The van der Waals surface area contributed by atoms with Crippen molar-refractivity contribution in [3.8, 4) is 5.75 Å². The number of benzene rings is 3. The van der Waals surface area contributed by atoms with Crippen molar-refractivity contribution in [2.45, 2.75) is 18.0 Å². The van der Waals surface area contributed by atoms with E-state index < -0.39 is 11.9 Å². The van der Waals surface area contributed by atoms with Crippen LogP contribution in [0.1, 0.15) is 32.2 Å². The molecular formula is C26H23FN2O4. The van der Waals surface area contributed by atoms with Gasteiger partial charge in [0, 0.05) is 29.3 Å². The smallest absolute Gasteiger partial charge is 0.258 e. The molecule has 0 radical (unpaired) electrons. The van der Waals surface area contributed by atoms with Gasteiger partial charge in [-0.3, -0.25) is 9.59 Å². The number of rotatable bonds is 4. The summed E-state index contributed by atoms with van der Waals surface area (Å²) >= 11 is 0. The molecule has 0 saturated carbocycles. The molecule has 5 rings (SSSR count). The van der Waals surface area contributed by atoms with Gasteiger partial charge in [0.1, 0.15) is 11.6 Å². The van der Waals surface area contributed by atoms with Crippen molar-refractivity contribution in [3.05, 3.63) is 95.3 Å². The Morgan fingerprint density at radius 1 is 0.970 bits per heavy atom. The van der Waals surface area contributed by atoms with Crippen molar-refractivity contribution in [2.24, 2.45) is 0 Å². The van der Waals surface area contributed by atoms with Crippen LogP contribution in [0.25, 0.3) is 0 Å². The summed E-state index contributed by atoms with van der Waals surface area (Å²) in [6.45, 7) is 0.102. The van der Waals surface area contributed by atoms with E-state index >= 15 is 0 Å². The number of nitrogens with zero attached hydrogens (tertiary/aromatic N) is 2. The average molecular weight is 446 g/mol. The minimum absolute atomic E-state index is 0.0875. The molecule has 33 heavy (non-hydrogen) atoms. The Labute approximate surface area is 190 Å². The van der Waals surface area contributed by atoms with E-state index in [1.54, 1.807) is 41.2 Å². The number of ether oxygens (including phenoxy) is 1. The van der Waals surface area contributed by atoms with Gasteiger partial charge in [-0.25, -0.2) is 4.39 Å². The second-order valence-corrected chi connectivity index (χ2v) is 8.27. The van der Waals surface area contributed by atoms with E-state index in [-0.39, 0.29) is 30.4 Å². The van der Waals surface area contributed by atoms with E-state index in [1.165, 1.54) is 24.3 Å². The standard InChI is InChI=1S/C26H23FN2O4/c1-33-19-12-8-16(9-13-19)25(31)28-14-22-24(20-4-2-3-5-21(20)28)23(15-30)29(22)26(32)17-6-10-18(27)11-7-17/h2-13,22-24,30H,14-15H2,1H3/t22-,23-,24+/m1/s1. The molecule has 3 aromatic rings. The summed E-state index contributed by atoms with van der Waals surface area (Å²) in [5.74, 6) is -0.312. The summed E-state index contributed by atoms with van der Waals surface area (Å²) < 4.78 is 18.5. The van der Waals surface area contributed by atoms with Crippen LogP contribution in [-0.2, 0) is 0 Å². The lowest BCUT2D eigenvalue weighted by atomic mass is 9.71. The van der Waals surface area contributed by atoms with E-state index in [0.717, 1.165) is 11.3 Å². The summed E-state index contributed by atoms with van der Waals surface area (Å²) in [6, 6.07) is 19.2. The molecule has 0 spiro atoms. The monoisotopic (exact) mass is 446 g/mol. The number of hydrogen-bond acceptors (Lipinski definition) is 4. The molecule has 2 aliphatic heterocycles. The first-order valence-corrected chi connectivity index (χ1v) is 10.8. The fourth-order valence-corrected chi connectivity index (χ4v) is 4.99. The predicted octanol–water partition coefficient (Wildman–Crippen LogP) is 3.46. The van der Waals surface area contributed by atoms with Gasteiger partial charge in [-0.05, 0) is 60.2 Å². The lowest BCUT2D eigenvalue weighted by Gasteiger charge is -2.58. The fourth-order valence-electron chi connectivity index (χ4n) is 4.99. The number of methoxy groups -OCH3 is 1. The Bertz CT molecular complexity index is 1200. The number of anilines is 1. The highest BCUT2D eigenvalue weighted by Gasteiger charge is 2.55. The molecular weight excluding hydrogens is 423 g/mol. The summed E-state index contributed by atoms with van der Waals surface area (Å²) in [6.07, 6.45) is 0. The number of aliphatic hydroxyl groups excluding tert-OH is 1. The summed E-state index contributed by atoms with van der Waals surface area (Å²) in [7, 11) is 1.57. The van der Waals surface area contributed by atoms with Crippen LogP contribution in [0.5, 0.6) is 5.75 Å². The molecule has 2 aliphatic rings. The van der Waals surface area contributed by atoms with Gasteiger partial charge >= 0.3 is 0 Å². The molecule has 1 saturated heterocycles. The molecule has 3 atom stereocenters. The fraction of sp³-hybridized carbons (Fsp3) is 0.231. The molecule has 0 aromatic heterocycles. The topological polar surface area (TPSA) is 70.1 Å². The quantitative estimate of drug-likeness (QED) is 0.667. The maximum Gasteiger partial charge on any atom is 0.258 e. The Kier molecular flexibility index (Phi) is 5.34. The van der Waals surface area contributed by atoms with Crippen LogP contribution in [0.2, 0.25) is 0 Å². The summed E-state index contributed by atoms with van der Waals surface area (Å²) in [5.41, 5.74) is 2.57. The van der Waals surface area contributed by atoms with Gasteiger partial charge in [0.25, 0.3) is 11.8 Å². The van der Waals surface area contributed by atoms with Gasteiger partial charge in [-0.2, -0.15) is 0 Å². The third kappa shape index (κ3) is 3.45. The Morgan fingerprint density at radius 3 is 2.27 bits per heavy atom. The molecule has 1 fully saturated rings. The van der Waals surface area contributed by atoms with E-state index in [1.807, 2.05) is 24.3 Å². The third-order valence-corrected chi connectivity index (χ3v) is 6.59. The van der Waals surface area contributed by atoms with Crippen LogP contribution in [-0.4, -0.2) is 54.2 Å². The number of carbonyl (C=O) groups is 2. The second-order valence-electron chi connectivity index (χ2n) is 8.27. The summed E-state index contributed by atoms with van der Waals surface area (Å²) in [5, 5.41) is 10.1. The minimum atomic E-state index is -0.422. The van der Waals surface area contributed by atoms with Crippen LogP contribution < -0.4 is 9.64 Å². The zero-order valence-corrected chi connectivity index (χ0v) is 18.0. The predicted molar refractivity (Wildman–Crippen MR) is 121 cm³/mol. The molecule has 7 heteroatoms. The van der Waals surface area contributed by atoms with Gasteiger partial charge in [0.15, 0.2) is 0 Å². The second kappa shape index (κ2) is 8.33. The van der Waals surface area contributed by atoms with Crippen molar-refractivity contribution in [3.63, 3.8) is 0 Å². The Balaban J connectivity index is 1.50. The Hall–Kier alpha value is -3.71. The van der Waals surface area contributed by atoms with Gasteiger partial charge < -0.3 is 19.6 Å². The van der Waals surface area contributed by atoms with Gasteiger partial charge in [0.2, 0.25) is 0 Å². The number of para-hydroxylation sites is 1.